The fourth-order valence-electron chi connectivity index (χ4n) is 4.97. The first-order valence-corrected chi connectivity index (χ1v) is 13.2. The SMILES string of the molecule is CCC(c1ccccc1)(c1ccc(O)cc1)c1ccc(O)cc1.COc1ccccc1Nc1ccccc1OC. The van der Waals surface area contributed by atoms with Gasteiger partial charge in [-0.3, -0.25) is 0 Å². The van der Waals surface area contributed by atoms with Crippen LogP contribution in [-0.4, -0.2) is 24.4 Å². The predicted molar refractivity (Wildman–Crippen MR) is 162 cm³/mol. The van der Waals surface area contributed by atoms with Crippen LogP contribution in [0.3, 0.4) is 0 Å². The summed E-state index contributed by atoms with van der Waals surface area (Å²) in [5.74, 6) is 2.13. The van der Waals surface area contributed by atoms with Crippen molar-refractivity contribution in [2.75, 3.05) is 19.5 Å². The molecule has 204 valence electrons. The normalized spacial score (nSPS) is 10.7. The summed E-state index contributed by atoms with van der Waals surface area (Å²) in [6.45, 7) is 2.16. The zero-order valence-electron chi connectivity index (χ0n) is 23.0. The van der Waals surface area contributed by atoms with Crippen molar-refractivity contribution >= 4 is 11.4 Å². The number of methoxy groups -OCH3 is 2. The van der Waals surface area contributed by atoms with Crippen LogP contribution >= 0.6 is 0 Å². The monoisotopic (exact) mass is 533 g/mol. The van der Waals surface area contributed by atoms with Gasteiger partial charge in [-0.05, 0) is 71.6 Å². The molecule has 0 spiro atoms. The first-order valence-electron chi connectivity index (χ1n) is 13.2. The van der Waals surface area contributed by atoms with Crippen molar-refractivity contribution in [1.82, 2.24) is 0 Å². The minimum atomic E-state index is -0.317. The number of rotatable bonds is 8. The molecular weight excluding hydrogens is 498 g/mol. The first kappa shape index (κ1) is 28.1. The van der Waals surface area contributed by atoms with Crippen LogP contribution in [0, 0.1) is 0 Å². The Bertz CT molecular complexity index is 1390. The van der Waals surface area contributed by atoms with Crippen LogP contribution in [0.2, 0.25) is 0 Å². The maximum absolute atomic E-state index is 9.64. The number of hydrogen-bond acceptors (Lipinski definition) is 5. The topological polar surface area (TPSA) is 71.0 Å². The highest BCUT2D eigenvalue weighted by molar-refractivity contribution is 5.70. The van der Waals surface area contributed by atoms with Gasteiger partial charge in [0.05, 0.1) is 25.6 Å². The molecule has 0 radical (unpaired) electrons. The van der Waals surface area contributed by atoms with Crippen LogP contribution in [0.1, 0.15) is 30.0 Å². The summed E-state index contributed by atoms with van der Waals surface area (Å²) in [7, 11) is 3.31. The number of phenols is 2. The maximum Gasteiger partial charge on any atom is 0.142 e. The second-order valence-electron chi connectivity index (χ2n) is 9.24. The van der Waals surface area contributed by atoms with E-state index in [9.17, 15) is 10.2 Å². The number of aromatic hydroxyl groups is 2. The number of phenolic OH excluding ortho intramolecular Hbond substituents is 2. The second kappa shape index (κ2) is 13.3. The maximum atomic E-state index is 9.64. The Morgan fingerprint density at radius 3 is 1.30 bits per heavy atom. The van der Waals surface area contributed by atoms with Gasteiger partial charge in [0.25, 0.3) is 0 Å². The lowest BCUT2D eigenvalue weighted by atomic mass is 9.68. The molecule has 0 bridgehead atoms. The molecule has 0 aliphatic rings. The largest absolute Gasteiger partial charge is 0.508 e. The fourth-order valence-corrected chi connectivity index (χ4v) is 4.97. The van der Waals surface area contributed by atoms with E-state index in [-0.39, 0.29) is 16.9 Å². The lowest BCUT2D eigenvalue weighted by Crippen LogP contribution is -2.28. The zero-order valence-corrected chi connectivity index (χ0v) is 23.0. The Kier molecular flexibility index (Phi) is 9.31. The number of benzene rings is 5. The molecule has 0 aliphatic heterocycles. The molecule has 0 saturated heterocycles. The van der Waals surface area contributed by atoms with Gasteiger partial charge in [0.1, 0.15) is 23.0 Å². The summed E-state index contributed by atoms with van der Waals surface area (Å²) in [4.78, 5) is 0. The summed E-state index contributed by atoms with van der Waals surface area (Å²) < 4.78 is 10.6. The van der Waals surface area contributed by atoms with Gasteiger partial charge in [0.15, 0.2) is 0 Å². The number of ether oxygens (including phenoxy) is 2. The molecule has 0 saturated carbocycles. The summed E-state index contributed by atoms with van der Waals surface area (Å²) >= 11 is 0. The molecule has 5 rings (SSSR count). The van der Waals surface area contributed by atoms with Crippen molar-refractivity contribution in [3.05, 3.63) is 144 Å². The summed E-state index contributed by atoms with van der Waals surface area (Å²) in [6.07, 6.45) is 0.868. The van der Waals surface area contributed by atoms with Gasteiger partial charge in [0, 0.05) is 5.41 Å². The van der Waals surface area contributed by atoms with E-state index in [0.717, 1.165) is 40.4 Å². The van der Waals surface area contributed by atoms with E-state index in [1.165, 1.54) is 5.56 Å². The Hall–Kier alpha value is -4.90. The number of anilines is 2. The third-order valence-corrected chi connectivity index (χ3v) is 7.00. The van der Waals surface area contributed by atoms with Gasteiger partial charge < -0.3 is 25.0 Å². The molecule has 40 heavy (non-hydrogen) atoms. The fraction of sp³-hybridized carbons (Fsp3) is 0.143. The van der Waals surface area contributed by atoms with Crippen molar-refractivity contribution in [3.63, 3.8) is 0 Å². The highest BCUT2D eigenvalue weighted by atomic mass is 16.5. The Morgan fingerprint density at radius 2 is 0.900 bits per heavy atom. The molecule has 5 aromatic rings. The summed E-state index contributed by atoms with van der Waals surface area (Å²) in [5.41, 5.74) is 4.95. The van der Waals surface area contributed by atoms with E-state index >= 15 is 0 Å². The predicted octanol–water partition coefficient (Wildman–Crippen LogP) is 8.29. The van der Waals surface area contributed by atoms with Crippen molar-refractivity contribution in [2.24, 2.45) is 0 Å². The molecule has 0 atom stereocenters. The Morgan fingerprint density at radius 1 is 0.525 bits per heavy atom. The smallest absolute Gasteiger partial charge is 0.142 e. The molecule has 5 aromatic carbocycles. The lowest BCUT2D eigenvalue weighted by molar-refractivity contribution is 0.414. The van der Waals surface area contributed by atoms with Gasteiger partial charge in [-0.25, -0.2) is 0 Å². The lowest BCUT2D eigenvalue weighted by Gasteiger charge is -2.35. The van der Waals surface area contributed by atoms with E-state index in [1.807, 2.05) is 91.0 Å². The molecular formula is C35H35NO4. The molecule has 0 fully saturated rings. The standard InChI is InChI=1S/C21H20O2.C14H15NO2/c1-2-21(16-6-4-3-5-7-16,17-8-12-19(22)13-9-17)18-10-14-20(23)15-11-18;1-16-13-9-5-3-7-11(13)15-12-8-4-6-10-14(12)17-2/h3-15,22-23H,2H2,1H3;3-10,15H,1-2H3. The number of nitrogens with one attached hydrogen (secondary N) is 1. The quantitative estimate of drug-likeness (QED) is 0.175. The number of hydrogen-bond donors (Lipinski definition) is 3. The van der Waals surface area contributed by atoms with E-state index in [1.54, 1.807) is 38.5 Å². The molecule has 0 heterocycles. The van der Waals surface area contributed by atoms with Crippen molar-refractivity contribution in [1.29, 1.82) is 0 Å². The van der Waals surface area contributed by atoms with Gasteiger partial charge in [-0.1, -0.05) is 85.8 Å². The zero-order chi connectivity index (χ0) is 28.4. The van der Waals surface area contributed by atoms with Crippen molar-refractivity contribution < 1.29 is 19.7 Å². The van der Waals surface area contributed by atoms with Gasteiger partial charge >= 0.3 is 0 Å². The minimum Gasteiger partial charge on any atom is -0.508 e. The molecule has 0 aliphatic carbocycles. The molecule has 3 N–H and O–H groups in total. The van der Waals surface area contributed by atoms with E-state index in [2.05, 4.69) is 24.4 Å². The second-order valence-corrected chi connectivity index (χ2v) is 9.24. The first-order chi connectivity index (χ1) is 19.5. The van der Waals surface area contributed by atoms with E-state index in [0.29, 0.717) is 0 Å². The highest BCUT2D eigenvalue weighted by Gasteiger charge is 2.34. The third-order valence-electron chi connectivity index (χ3n) is 7.00. The highest BCUT2D eigenvalue weighted by Crippen LogP contribution is 2.42. The average Bonchev–Trinajstić information content (AvgIpc) is 3.01. The Labute approximate surface area is 236 Å². The number of para-hydroxylation sites is 4. The van der Waals surface area contributed by atoms with Crippen LogP contribution < -0.4 is 14.8 Å². The summed E-state index contributed by atoms with van der Waals surface area (Å²) in [5, 5.41) is 22.6. The molecule has 0 aromatic heterocycles. The van der Waals surface area contributed by atoms with Gasteiger partial charge in [0.2, 0.25) is 0 Å². The van der Waals surface area contributed by atoms with Gasteiger partial charge in [-0.2, -0.15) is 0 Å². The van der Waals surface area contributed by atoms with E-state index in [4.69, 9.17) is 9.47 Å². The van der Waals surface area contributed by atoms with Crippen molar-refractivity contribution in [2.45, 2.75) is 18.8 Å². The van der Waals surface area contributed by atoms with E-state index < -0.39 is 0 Å². The van der Waals surface area contributed by atoms with Crippen LogP contribution in [-0.2, 0) is 5.41 Å². The molecule has 5 heteroatoms. The van der Waals surface area contributed by atoms with Crippen molar-refractivity contribution in [3.8, 4) is 23.0 Å². The summed E-state index contributed by atoms with van der Waals surface area (Å²) in [6, 6.07) is 40.7. The van der Waals surface area contributed by atoms with Crippen LogP contribution in [0.15, 0.2) is 127 Å². The van der Waals surface area contributed by atoms with Crippen LogP contribution in [0.25, 0.3) is 0 Å². The molecule has 5 nitrogen and oxygen atoms in total. The Balaban J connectivity index is 0.000000194. The minimum absolute atomic E-state index is 0.262. The van der Waals surface area contributed by atoms with Gasteiger partial charge in [-0.15, -0.1) is 0 Å². The molecule has 0 amide bonds. The third kappa shape index (κ3) is 6.21. The molecule has 0 unspecified atom stereocenters. The van der Waals surface area contributed by atoms with Crippen LogP contribution in [0.4, 0.5) is 11.4 Å². The average molecular weight is 534 g/mol. The van der Waals surface area contributed by atoms with Crippen LogP contribution in [0.5, 0.6) is 23.0 Å².